The zero-order valence-electron chi connectivity index (χ0n) is 9.32. The van der Waals surface area contributed by atoms with E-state index in [1.807, 2.05) is 12.1 Å². The van der Waals surface area contributed by atoms with Crippen LogP contribution in [0.2, 0.25) is 0 Å². The van der Waals surface area contributed by atoms with Crippen LogP contribution in [0.3, 0.4) is 0 Å². The minimum absolute atomic E-state index is 0.193. The first-order chi connectivity index (χ1) is 8.58. The fraction of sp³-hybridized carbons (Fsp3) is 0. The SMILES string of the molecule is O=S(=O)(/N=C/c1ccc(Br)cc1)c1ccccc1. The second kappa shape index (κ2) is 5.46. The smallest absolute Gasteiger partial charge is 0.199 e. The highest BCUT2D eigenvalue weighted by Gasteiger charge is 2.09. The lowest BCUT2D eigenvalue weighted by Gasteiger charge is -1.97. The average molecular weight is 324 g/mol. The summed E-state index contributed by atoms with van der Waals surface area (Å²) in [5, 5.41) is 0. The van der Waals surface area contributed by atoms with E-state index in [0.29, 0.717) is 0 Å². The second-order valence-electron chi connectivity index (χ2n) is 3.57. The number of halogens is 1. The monoisotopic (exact) mass is 323 g/mol. The lowest BCUT2D eigenvalue weighted by molar-refractivity contribution is 0.598. The maximum atomic E-state index is 11.9. The normalized spacial score (nSPS) is 11.8. The van der Waals surface area contributed by atoms with E-state index in [2.05, 4.69) is 20.3 Å². The third-order valence-corrected chi connectivity index (χ3v) is 4.03. The summed E-state index contributed by atoms with van der Waals surface area (Å²) in [6, 6.07) is 15.4. The molecule has 0 unspecified atom stereocenters. The van der Waals surface area contributed by atoms with Gasteiger partial charge in [-0.15, -0.1) is 0 Å². The number of hydrogen-bond acceptors (Lipinski definition) is 2. The Hall–Kier alpha value is -1.46. The van der Waals surface area contributed by atoms with Gasteiger partial charge in [-0.25, -0.2) is 0 Å². The fourth-order valence-corrected chi connectivity index (χ4v) is 2.48. The van der Waals surface area contributed by atoms with Gasteiger partial charge in [0.15, 0.2) is 0 Å². The summed E-state index contributed by atoms with van der Waals surface area (Å²) in [4.78, 5) is 0.193. The van der Waals surface area contributed by atoms with Crippen molar-refractivity contribution in [3.8, 4) is 0 Å². The second-order valence-corrected chi connectivity index (χ2v) is 6.12. The summed E-state index contributed by atoms with van der Waals surface area (Å²) in [6.45, 7) is 0. The molecule has 0 aliphatic rings. The van der Waals surface area contributed by atoms with E-state index >= 15 is 0 Å². The van der Waals surface area contributed by atoms with Gasteiger partial charge in [0.2, 0.25) is 0 Å². The van der Waals surface area contributed by atoms with E-state index in [4.69, 9.17) is 0 Å². The summed E-state index contributed by atoms with van der Waals surface area (Å²) >= 11 is 3.31. The molecule has 0 N–H and O–H groups in total. The molecule has 0 bridgehead atoms. The van der Waals surface area contributed by atoms with E-state index < -0.39 is 10.0 Å². The fourth-order valence-electron chi connectivity index (χ4n) is 1.33. The van der Waals surface area contributed by atoms with Crippen LogP contribution < -0.4 is 0 Å². The Morgan fingerprint density at radius 2 is 1.56 bits per heavy atom. The first-order valence-corrected chi connectivity index (χ1v) is 7.42. The minimum Gasteiger partial charge on any atom is -0.199 e. The van der Waals surface area contributed by atoms with Gasteiger partial charge in [-0.05, 0) is 29.8 Å². The molecule has 2 aromatic carbocycles. The van der Waals surface area contributed by atoms with Gasteiger partial charge in [0.1, 0.15) is 0 Å². The molecule has 5 heteroatoms. The van der Waals surface area contributed by atoms with Crippen LogP contribution in [0, 0.1) is 0 Å². The maximum Gasteiger partial charge on any atom is 0.282 e. The van der Waals surface area contributed by atoms with Crippen LogP contribution in [0.4, 0.5) is 0 Å². The number of sulfonamides is 1. The Kier molecular flexibility index (Phi) is 3.93. The molecule has 0 amide bonds. The average Bonchev–Trinajstić information content (AvgIpc) is 2.39. The molecule has 18 heavy (non-hydrogen) atoms. The predicted molar refractivity (Wildman–Crippen MR) is 75.4 cm³/mol. The molecule has 0 spiro atoms. The van der Waals surface area contributed by atoms with Crippen LogP contribution in [0.25, 0.3) is 0 Å². The van der Waals surface area contributed by atoms with E-state index in [1.54, 1.807) is 30.3 Å². The molecule has 0 radical (unpaired) electrons. The van der Waals surface area contributed by atoms with E-state index in [-0.39, 0.29) is 4.90 Å². The van der Waals surface area contributed by atoms with Gasteiger partial charge in [0, 0.05) is 10.7 Å². The highest BCUT2D eigenvalue weighted by Crippen LogP contribution is 2.12. The maximum absolute atomic E-state index is 11.9. The molecule has 92 valence electrons. The van der Waals surface area contributed by atoms with Crippen molar-refractivity contribution in [1.29, 1.82) is 0 Å². The van der Waals surface area contributed by atoms with Crippen molar-refractivity contribution >= 4 is 32.2 Å². The van der Waals surface area contributed by atoms with Crippen molar-refractivity contribution in [1.82, 2.24) is 0 Å². The zero-order valence-corrected chi connectivity index (χ0v) is 11.7. The topological polar surface area (TPSA) is 46.5 Å². The summed E-state index contributed by atoms with van der Waals surface area (Å²) in [6.07, 6.45) is 1.34. The van der Waals surface area contributed by atoms with Crippen molar-refractivity contribution < 1.29 is 8.42 Å². The summed E-state index contributed by atoms with van der Waals surface area (Å²) in [5.41, 5.74) is 0.734. The minimum atomic E-state index is -3.61. The first kappa shape index (κ1) is 13.0. The van der Waals surface area contributed by atoms with Gasteiger partial charge in [-0.2, -0.15) is 12.8 Å². The molecule has 0 fully saturated rings. The van der Waals surface area contributed by atoms with Crippen molar-refractivity contribution in [2.75, 3.05) is 0 Å². The quantitative estimate of drug-likeness (QED) is 0.814. The zero-order chi connectivity index (χ0) is 13.0. The van der Waals surface area contributed by atoms with Crippen molar-refractivity contribution in [3.63, 3.8) is 0 Å². The number of benzene rings is 2. The van der Waals surface area contributed by atoms with Gasteiger partial charge < -0.3 is 0 Å². The molecule has 0 aliphatic carbocycles. The summed E-state index contributed by atoms with van der Waals surface area (Å²) in [7, 11) is -3.61. The number of hydrogen-bond donors (Lipinski definition) is 0. The first-order valence-electron chi connectivity index (χ1n) is 5.19. The summed E-state index contributed by atoms with van der Waals surface area (Å²) < 4.78 is 28.3. The van der Waals surface area contributed by atoms with E-state index in [9.17, 15) is 8.42 Å². The highest BCUT2D eigenvalue weighted by molar-refractivity contribution is 9.10. The molecule has 0 heterocycles. The van der Waals surface area contributed by atoms with Crippen molar-refractivity contribution in [2.45, 2.75) is 4.90 Å². The Morgan fingerprint density at radius 3 is 2.17 bits per heavy atom. The molecule has 0 aromatic heterocycles. The van der Waals surface area contributed by atoms with Gasteiger partial charge in [-0.1, -0.05) is 46.3 Å². The van der Waals surface area contributed by atoms with Gasteiger partial charge in [0.25, 0.3) is 10.0 Å². The molecule has 0 atom stereocenters. The van der Waals surface area contributed by atoms with Crippen LogP contribution in [0.5, 0.6) is 0 Å². The number of rotatable bonds is 3. The Morgan fingerprint density at radius 1 is 0.944 bits per heavy atom. The van der Waals surface area contributed by atoms with Crippen molar-refractivity contribution in [2.24, 2.45) is 4.40 Å². The predicted octanol–water partition coefficient (Wildman–Crippen LogP) is 3.26. The molecular formula is C13H10BrNO2S. The highest BCUT2D eigenvalue weighted by atomic mass is 79.9. The molecule has 0 saturated heterocycles. The van der Waals surface area contributed by atoms with Crippen LogP contribution in [0.1, 0.15) is 5.56 Å². The van der Waals surface area contributed by atoms with Crippen LogP contribution in [-0.4, -0.2) is 14.6 Å². The van der Waals surface area contributed by atoms with Crippen LogP contribution in [-0.2, 0) is 10.0 Å². The molecular weight excluding hydrogens is 314 g/mol. The Bertz CT molecular complexity index is 649. The third-order valence-electron chi connectivity index (χ3n) is 2.25. The van der Waals surface area contributed by atoms with Gasteiger partial charge in [-0.3, -0.25) is 0 Å². The molecule has 2 rings (SSSR count). The molecule has 3 nitrogen and oxygen atoms in total. The number of nitrogens with zero attached hydrogens (tertiary/aromatic N) is 1. The van der Waals surface area contributed by atoms with E-state index in [0.717, 1.165) is 10.0 Å². The molecule has 0 saturated carbocycles. The third kappa shape index (κ3) is 3.27. The lowest BCUT2D eigenvalue weighted by Crippen LogP contribution is -1.97. The molecule has 2 aromatic rings. The van der Waals surface area contributed by atoms with E-state index in [1.165, 1.54) is 18.3 Å². The van der Waals surface area contributed by atoms with Gasteiger partial charge >= 0.3 is 0 Å². The lowest BCUT2D eigenvalue weighted by atomic mass is 10.2. The standard InChI is InChI=1S/C13H10BrNO2S/c14-12-8-6-11(7-9-12)10-15-18(16,17)13-4-2-1-3-5-13/h1-10H/b15-10+. The Balaban J connectivity index is 2.26. The summed E-state index contributed by atoms with van der Waals surface area (Å²) in [5.74, 6) is 0. The van der Waals surface area contributed by atoms with Gasteiger partial charge in [0.05, 0.1) is 4.90 Å². The van der Waals surface area contributed by atoms with Crippen molar-refractivity contribution in [3.05, 3.63) is 64.6 Å². The molecule has 0 aliphatic heterocycles. The Labute approximate surface area is 114 Å². The largest absolute Gasteiger partial charge is 0.282 e. The van der Waals surface area contributed by atoms with Crippen LogP contribution in [0.15, 0.2) is 68.4 Å². The van der Waals surface area contributed by atoms with Crippen LogP contribution >= 0.6 is 15.9 Å².